The van der Waals surface area contributed by atoms with Gasteiger partial charge in [-0.1, -0.05) is 42.5 Å². The van der Waals surface area contributed by atoms with Gasteiger partial charge in [-0.3, -0.25) is 0 Å². The van der Waals surface area contributed by atoms with Crippen molar-refractivity contribution in [1.82, 2.24) is 0 Å². The van der Waals surface area contributed by atoms with Crippen LogP contribution in [0.15, 0.2) is 54.6 Å². The first-order valence-electron chi connectivity index (χ1n) is 9.49. The highest BCUT2D eigenvalue weighted by molar-refractivity contribution is 5.63. The van der Waals surface area contributed by atoms with E-state index in [1.807, 2.05) is 42.5 Å². The highest BCUT2D eigenvalue weighted by Gasteiger charge is 2.24. The number of benzene rings is 2. The van der Waals surface area contributed by atoms with Crippen molar-refractivity contribution in [3.8, 4) is 16.9 Å². The molecule has 1 heterocycles. The minimum atomic E-state index is -0.460. The van der Waals surface area contributed by atoms with Crippen molar-refractivity contribution < 1.29 is 24.7 Å². The van der Waals surface area contributed by atoms with Gasteiger partial charge in [0.05, 0.1) is 6.61 Å². The standard InChI is InChI=1S/C21H28N2O3/c24-15-14-22-10-12-23(13-11-22)16-20(25)17-26-21-8-6-19(7-9-21)18-4-2-1-3-5-18/h1-9,20,24-25H,10-17H2/p+2/t20-/m0/s1. The normalized spacial score (nSPS) is 21.3. The average molecular weight is 358 g/mol. The Kier molecular flexibility index (Phi) is 7.03. The molecule has 0 spiro atoms. The van der Waals surface area contributed by atoms with Crippen molar-refractivity contribution in [2.75, 3.05) is 52.5 Å². The van der Waals surface area contributed by atoms with Gasteiger partial charge in [0.1, 0.15) is 57.7 Å². The largest absolute Gasteiger partial charge is 0.491 e. The third-order valence-corrected chi connectivity index (χ3v) is 5.06. The van der Waals surface area contributed by atoms with Gasteiger partial charge >= 0.3 is 0 Å². The van der Waals surface area contributed by atoms with Gasteiger partial charge in [0, 0.05) is 0 Å². The van der Waals surface area contributed by atoms with Crippen molar-refractivity contribution in [1.29, 1.82) is 0 Å². The molecule has 1 fully saturated rings. The number of rotatable bonds is 8. The van der Waals surface area contributed by atoms with E-state index in [2.05, 4.69) is 12.1 Å². The van der Waals surface area contributed by atoms with E-state index >= 15 is 0 Å². The zero-order chi connectivity index (χ0) is 18.2. The monoisotopic (exact) mass is 358 g/mol. The van der Waals surface area contributed by atoms with Crippen molar-refractivity contribution in [3.05, 3.63) is 54.6 Å². The van der Waals surface area contributed by atoms with Crippen LogP contribution in [0.5, 0.6) is 5.75 Å². The summed E-state index contributed by atoms with van der Waals surface area (Å²) in [5.41, 5.74) is 2.34. The van der Waals surface area contributed by atoms with Crippen LogP contribution < -0.4 is 14.5 Å². The van der Waals surface area contributed by atoms with E-state index in [1.165, 1.54) is 15.4 Å². The molecule has 5 heteroatoms. The van der Waals surface area contributed by atoms with Crippen LogP contribution in [-0.4, -0.2) is 68.8 Å². The summed E-state index contributed by atoms with van der Waals surface area (Å²) < 4.78 is 5.76. The fourth-order valence-corrected chi connectivity index (χ4v) is 3.53. The lowest BCUT2D eigenvalue weighted by Gasteiger charge is -2.30. The van der Waals surface area contributed by atoms with E-state index in [0.717, 1.165) is 44.0 Å². The average Bonchev–Trinajstić information content (AvgIpc) is 2.69. The van der Waals surface area contributed by atoms with Crippen LogP contribution in [0.4, 0.5) is 0 Å². The summed E-state index contributed by atoms with van der Waals surface area (Å²) in [6.45, 7) is 6.32. The molecule has 0 radical (unpaired) electrons. The van der Waals surface area contributed by atoms with E-state index in [0.29, 0.717) is 13.2 Å². The van der Waals surface area contributed by atoms with Crippen molar-refractivity contribution >= 4 is 0 Å². The number of hydrogen-bond acceptors (Lipinski definition) is 3. The second-order valence-electron chi connectivity index (χ2n) is 7.03. The predicted molar refractivity (Wildman–Crippen MR) is 102 cm³/mol. The Morgan fingerprint density at radius 2 is 1.46 bits per heavy atom. The summed E-state index contributed by atoms with van der Waals surface area (Å²) in [5, 5.41) is 19.3. The summed E-state index contributed by atoms with van der Waals surface area (Å²) in [5.74, 6) is 0.788. The third kappa shape index (κ3) is 5.54. The van der Waals surface area contributed by atoms with E-state index in [1.54, 1.807) is 0 Å². The number of quaternary nitrogens is 2. The summed E-state index contributed by atoms with van der Waals surface area (Å²) >= 11 is 0. The maximum atomic E-state index is 10.3. The molecule has 1 atom stereocenters. The van der Waals surface area contributed by atoms with Gasteiger partial charge in [0.25, 0.3) is 0 Å². The highest BCUT2D eigenvalue weighted by Crippen LogP contribution is 2.22. The summed E-state index contributed by atoms with van der Waals surface area (Å²) in [7, 11) is 0. The summed E-state index contributed by atoms with van der Waals surface area (Å²) in [6, 6.07) is 18.3. The fraction of sp³-hybridized carbons (Fsp3) is 0.429. The molecule has 2 aromatic rings. The number of piperazine rings is 1. The molecule has 3 rings (SSSR count). The predicted octanol–water partition coefficient (Wildman–Crippen LogP) is -1.13. The molecule has 0 bridgehead atoms. The molecule has 0 unspecified atom stereocenters. The lowest BCUT2D eigenvalue weighted by atomic mass is 10.1. The first-order valence-corrected chi connectivity index (χ1v) is 9.49. The Labute approximate surface area is 155 Å². The number of aliphatic hydroxyl groups excluding tert-OH is 2. The lowest BCUT2D eigenvalue weighted by molar-refractivity contribution is -1.01. The maximum absolute atomic E-state index is 10.3. The number of nitrogens with one attached hydrogen (secondary N) is 2. The molecule has 0 saturated carbocycles. The van der Waals surface area contributed by atoms with Gasteiger partial charge in [-0.15, -0.1) is 0 Å². The minimum Gasteiger partial charge on any atom is -0.491 e. The lowest BCUT2D eigenvalue weighted by Crippen LogP contribution is -3.28. The van der Waals surface area contributed by atoms with Crippen molar-refractivity contribution in [2.45, 2.75) is 6.10 Å². The molecule has 1 aliphatic heterocycles. The number of aliphatic hydroxyl groups is 2. The van der Waals surface area contributed by atoms with Gasteiger partial charge < -0.3 is 24.7 Å². The maximum Gasteiger partial charge on any atom is 0.137 e. The molecule has 140 valence electrons. The highest BCUT2D eigenvalue weighted by atomic mass is 16.5. The van der Waals surface area contributed by atoms with E-state index in [-0.39, 0.29) is 6.61 Å². The van der Waals surface area contributed by atoms with Crippen LogP contribution in [0.1, 0.15) is 0 Å². The Hall–Kier alpha value is -1.92. The SMILES string of the molecule is OCC[NH+]1CC[NH+](C[C@H](O)COc2ccc(-c3ccccc3)cc2)CC1. The van der Waals surface area contributed by atoms with Crippen LogP contribution in [0.2, 0.25) is 0 Å². The molecule has 4 N–H and O–H groups in total. The molecule has 0 aromatic heterocycles. The van der Waals surface area contributed by atoms with Gasteiger partial charge in [0.2, 0.25) is 0 Å². The Bertz CT molecular complexity index is 640. The van der Waals surface area contributed by atoms with E-state index in [4.69, 9.17) is 9.84 Å². The third-order valence-electron chi connectivity index (χ3n) is 5.06. The molecule has 1 aliphatic rings. The molecule has 5 nitrogen and oxygen atoms in total. The van der Waals surface area contributed by atoms with Crippen LogP contribution in [0.3, 0.4) is 0 Å². The van der Waals surface area contributed by atoms with Crippen molar-refractivity contribution in [2.24, 2.45) is 0 Å². The second kappa shape index (κ2) is 9.69. The second-order valence-corrected chi connectivity index (χ2v) is 7.03. The van der Waals surface area contributed by atoms with Gasteiger partial charge in [-0.2, -0.15) is 0 Å². The smallest absolute Gasteiger partial charge is 0.137 e. The van der Waals surface area contributed by atoms with Crippen molar-refractivity contribution in [3.63, 3.8) is 0 Å². The summed E-state index contributed by atoms with van der Waals surface area (Å²) in [4.78, 5) is 2.88. The number of hydrogen-bond donors (Lipinski definition) is 4. The van der Waals surface area contributed by atoms with E-state index < -0.39 is 6.10 Å². The first kappa shape index (κ1) is 18.9. The Balaban J connectivity index is 1.41. The van der Waals surface area contributed by atoms with Crippen LogP contribution in [0, 0.1) is 0 Å². The number of ether oxygens (including phenoxy) is 1. The molecule has 0 aliphatic carbocycles. The summed E-state index contributed by atoms with van der Waals surface area (Å²) in [6.07, 6.45) is -0.460. The molecular weight excluding hydrogens is 328 g/mol. The van der Waals surface area contributed by atoms with Gasteiger partial charge in [0.15, 0.2) is 0 Å². The molecule has 0 amide bonds. The molecule has 2 aromatic carbocycles. The fourth-order valence-electron chi connectivity index (χ4n) is 3.53. The van der Waals surface area contributed by atoms with E-state index in [9.17, 15) is 5.11 Å². The molecular formula is C21H30N2O3+2. The zero-order valence-corrected chi connectivity index (χ0v) is 15.2. The Morgan fingerprint density at radius 1 is 0.846 bits per heavy atom. The van der Waals surface area contributed by atoms with Crippen LogP contribution >= 0.6 is 0 Å². The van der Waals surface area contributed by atoms with Crippen LogP contribution in [0.25, 0.3) is 11.1 Å². The quantitative estimate of drug-likeness (QED) is 0.483. The molecule has 26 heavy (non-hydrogen) atoms. The zero-order valence-electron chi connectivity index (χ0n) is 15.2. The van der Waals surface area contributed by atoms with Crippen LogP contribution in [-0.2, 0) is 0 Å². The topological polar surface area (TPSA) is 58.6 Å². The van der Waals surface area contributed by atoms with Gasteiger partial charge in [-0.05, 0) is 23.3 Å². The first-order chi connectivity index (χ1) is 12.7. The van der Waals surface area contributed by atoms with Gasteiger partial charge in [-0.25, -0.2) is 0 Å². The Morgan fingerprint density at radius 3 is 2.12 bits per heavy atom. The minimum absolute atomic E-state index is 0.254. The molecule has 1 saturated heterocycles.